The molecule has 2 heterocycles. The van der Waals surface area contributed by atoms with Gasteiger partial charge < -0.3 is 19.9 Å². The fourth-order valence-corrected chi connectivity index (χ4v) is 3.90. The molecular formula is C23H25N3O3. The molecule has 0 radical (unpaired) electrons. The zero-order valence-electron chi connectivity index (χ0n) is 16.7. The lowest BCUT2D eigenvalue weighted by molar-refractivity contribution is -0.145. The number of aromatic nitrogens is 1. The molecule has 0 bridgehead atoms. The average Bonchev–Trinajstić information content (AvgIpc) is 2.97. The number of anilines is 1. The molecular weight excluding hydrogens is 366 g/mol. The molecule has 1 aromatic heterocycles. The van der Waals surface area contributed by atoms with Crippen molar-refractivity contribution in [3.05, 3.63) is 65.4 Å². The first-order chi connectivity index (χ1) is 14.1. The molecule has 2 N–H and O–H groups in total. The Labute approximate surface area is 169 Å². The molecule has 0 aliphatic carbocycles. The predicted octanol–water partition coefficient (Wildman–Crippen LogP) is 4.21. The van der Waals surface area contributed by atoms with Gasteiger partial charge in [0.1, 0.15) is 5.92 Å². The number of para-hydroxylation sites is 1. The van der Waals surface area contributed by atoms with Crippen molar-refractivity contribution < 1.29 is 14.3 Å². The number of ether oxygens (including phenoxy) is 1. The van der Waals surface area contributed by atoms with Crippen LogP contribution in [-0.2, 0) is 16.0 Å². The van der Waals surface area contributed by atoms with Crippen molar-refractivity contribution >= 4 is 28.6 Å². The molecule has 0 saturated carbocycles. The summed E-state index contributed by atoms with van der Waals surface area (Å²) in [5, 5.41) is 4.03. The molecule has 1 unspecified atom stereocenters. The Hall–Kier alpha value is -3.28. The number of nitrogens with one attached hydrogen (secondary N) is 2. The van der Waals surface area contributed by atoms with Crippen LogP contribution in [0.2, 0.25) is 0 Å². The highest BCUT2D eigenvalue weighted by Crippen LogP contribution is 2.32. The minimum atomic E-state index is -0.538. The summed E-state index contributed by atoms with van der Waals surface area (Å²) in [6.07, 6.45) is 0.677. The Kier molecular flexibility index (Phi) is 5.25. The van der Waals surface area contributed by atoms with E-state index in [2.05, 4.69) is 16.4 Å². The second-order valence-corrected chi connectivity index (χ2v) is 7.36. The summed E-state index contributed by atoms with van der Waals surface area (Å²) in [6, 6.07) is 15.5. The minimum Gasteiger partial charge on any atom is -0.465 e. The number of aryl methyl sites for hydroxylation is 1. The number of rotatable bonds is 3. The molecule has 2 aromatic carbocycles. The van der Waals surface area contributed by atoms with Crippen molar-refractivity contribution in [1.29, 1.82) is 0 Å². The quantitative estimate of drug-likeness (QED) is 0.657. The lowest BCUT2D eigenvalue weighted by Crippen LogP contribution is -2.39. The number of benzene rings is 2. The van der Waals surface area contributed by atoms with Crippen molar-refractivity contribution in [3.63, 3.8) is 0 Å². The van der Waals surface area contributed by atoms with Gasteiger partial charge in [0, 0.05) is 35.4 Å². The van der Waals surface area contributed by atoms with Gasteiger partial charge in [0.2, 0.25) is 0 Å². The van der Waals surface area contributed by atoms with Crippen LogP contribution in [0.5, 0.6) is 0 Å². The number of carbonyl (C=O) groups excluding carboxylic acids is 2. The normalized spacial score (nSPS) is 16.2. The summed E-state index contributed by atoms with van der Waals surface area (Å²) < 4.78 is 5.33. The number of fused-ring (bicyclic) bond motifs is 3. The van der Waals surface area contributed by atoms with Crippen molar-refractivity contribution in [3.8, 4) is 0 Å². The molecule has 6 heteroatoms. The average molecular weight is 391 g/mol. The first kappa shape index (κ1) is 19.1. The zero-order chi connectivity index (χ0) is 20.4. The van der Waals surface area contributed by atoms with Gasteiger partial charge >= 0.3 is 12.0 Å². The highest BCUT2D eigenvalue weighted by Gasteiger charge is 2.34. The Morgan fingerprint density at radius 1 is 1.17 bits per heavy atom. The molecule has 0 saturated heterocycles. The Bertz CT molecular complexity index is 1040. The molecule has 1 aliphatic rings. The van der Waals surface area contributed by atoms with Crippen molar-refractivity contribution in [2.75, 3.05) is 25.0 Å². The van der Waals surface area contributed by atoms with Gasteiger partial charge in [0.15, 0.2) is 0 Å². The highest BCUT2D eigenvalue weighted by molar-refractivity contribution is 5.92. The largest absolute Gasteiger partial charge is 0.465 e. The minimum absolute atomic E-state index is 0.211. The summed E-state index contributed by atoms with van der Waals surface area (Å²) in [6.45, 7) is 4.91. The maximum Gasteiger partial charge on any atom is 0.321 e. The number of hydrogen-bond donors (Lipinski definition) is 2. The number of hydrogen-bond acceptors (Lipinski definition) is 3. The number of esters is 1. The molecule has 0 fully saturated rings. The monoisotopic (exact) mass is 391 g/mol. The third kappa shape index (κ3) is 3.83. The maximum absolute atomic E-state index is 12.9. The zero-order valence-corrected chi connectivity index (χ0v) is 16.7. The molecule has 3 aromatic rings. The number of amides is 2. The number of carbonyl (C=O) groups is 2. The van der Waals surface area contributed by atoms with Gasteiger partial charge in [-0.2, -0.15) is 0 Å². The first-order valence-electron chi connectivity index (χ1n) is 9.95. The number of aromatic amines is 1. The summed E-state index contributed by atoms with van der Waals surface area (Å²) in [7, 11) is 0. The number of H-pyrrole nitrogens is 1. The van der Waals surface area contributed by atoms with E-state index >= 15 is 0 Å². The topological polar surface area (TPSA) is 74.4 Å². The van der Waals surface area contributed by atoms with Gasteiger partial charge in [-0.05, 0) is 44.0 Å². The molecule has 1 atom stereocenters. The number of nitrogens with zero attached hydrogens (tertiary/aromatic N) is 1. The van der Waals surface area contributed by atoms with E-state index in [9.17, 15) is 9.59 Å². The molecule has 29 heavy (non-hydrogen) atoms. The van der Waals surface area contributed by atoms with Gasteiger partial charge in [-0.3, -0.25) is 4.79 Å². The van der Waals surface area contributed by atoms with Crippen molar-refractivity contribution in [2.45, 2.75) is 26.2 Å². The predicted molar refractivity (Wildman–Crippen MR) is 113 cm³/mol. The van der Waals surface area contributed by atoms with Crippen LogP contribution in [0.25, 0.3) is 10.9 Å². The van der Waals surface area contributed by atoms with E-state index in [1.54, 1.807) is 11.8 Å². The van der Waals surface area contributed by atoms with Crippen LogP contribution in [-0.4, -0.2) is 41.6 Å². The second kappa shape index (κ2) is 7.99. The summed E-state index contributed by atoms with van der Waals surface area (Å²) in [4.78, 5) is 30.8. The first-order valence-corrected chi connectivity index (χ1v) is 9.95. The van der Waals surface area contributed by atoms with Crippen molar-refractivity contribution in [1.82, 2.24) is 9.88 Å². The second-order valence-electron chi connectivity index (χ2n) is 7.36. The molecule has 2 amide bonds. The third-order valence-corrected chi connectivity index (χ3v) is 5.39. The lowest BCUT2D eigenvalue weighted by Gasteiger charge is -2.24. The highest BCUT2D eigenvalue weighted by atomic mass is 16.5. The molecule has 6 nitrogen and oxygen atoms in total. The van der Waals surface area contributed by atoms with Crippen LogP contribution in [0.1, 0.15) is 29.7 Å². The van der Waals surface area contributed by atoms with E-state index in [1.807, 2.05) is 49.4 Å². The fraction of sp³-hybridized carbons (Fsp3) is 0.304. The smallest absolute Gasteiger partial charge is 0.321 e. The third-order valence-electron chi connectivity index (χ3n) is 5.39. The Morgan fingerprint density at radius 3 is 2.69 bits per heavy atom. The summed E-state index contributed by atoms with van der Waals surface area (Å²) in [5.41, 5.74) is 4.82. The van der Waals surface area contributed by atoms with Gasteiger partial charge in [0.25, 0.3) is 0 Å². The van der Waals surface area contributed by atoms with Crippen molar-refractivity contribution in [2.24, 2.45) is 0 Å². The van der Waals surface area contributed by atoms with E-state index < -0.39 is 5.92 Å². The van der Waals surface area contributed by atoms with Crippen LogP contribution in [0.3, 0.4) is 0 Å². The van der Waals surface area contributed by atoms with E-state index in [1.165, 1.54) is 0 Å². The van der Waals surface area contributed by atoms with E-state index in [0.29, 0.717) is 19.6 Å². The fourth-order valence-electron chi connectivity index (χ4n) is 3.90. The molecule has 150 valence electrons. The standard InChI is InChI=1S/C23H25N3O3/c1-3-29-22(27)19-14-26(23(28)24-16-10-8-15(2)9-11-16)13-12-18-17-6-4-5-7-20(17)25-21(18)19/h4-11,19,25H,3,12-14H2,1-2H3,(H,24,28). The number of urea groups is 1. The van der Waals surface area contributed by atoms with Gasteiger partial charge in [-0.25, -0.2) is 4.79 Å². The molecule has 4 rings (SSSR count). The van der Waals surface area contributed by atoms with Crippen LogP contribution in [0.15, 0.2) is 48.5 Å². The van der Waals surface area contributed by atoms with E-state index in [4.69, 9.17) is 4.74 Å². The van der Waals surface area contributed by atoms with Crippen LogP contribution in [0.4, 0.5) is 10.5 Å². The van der Waals surface area contributed by atoms with E-state index in [0.717, 1.165) is 33.4 Å². The molecule has 1 aliphatic heterocycles. The Morgan fingerprint density at radius 2 is 1.93 bits per heavy atom. The molecule has 0 spiro atoms. The van der Waals surface area contributed by atoms with Gasteiger partial charge in [-0.15, -0.1) is 0 Å². The van der Waals surface area contributed by atoms with Crippen LogP contribution >= 0.6 is 0 Å². The lowest BCUT2D eigenvalue weighted by atomic mass is 10.00. The van der Waals surface area contributed by atoms with Crippen LogP contribution < -0.4 is 5.32 Å². The SMILES string of the molecule is CCOC(=O)C1CN(C(=O)Nc2ccc(C)cc2)CCc2c1[nH]c1ccccc21. The van der Waals surface area contributed by atoms with Gasteiger partial charge in [-0.1, -0.05) is 35.9 Å². The van der Waals surface area contributed by atoms with Crippen LogP contribution in [0, 0.1) is 6.92 Å². The summed E-state index contributed by atoms with van der Waals surface area (Å²) >= 11 is 0. The Balaban J connectivity index is 1.63. The summed E-state index contributed by atoms with van der Waals surface area (Å²) in [5.74, 6) is -0.848. The van der Waals surface area contributed by atoms with Gasteiger partial charge in [0.05, 0.1) is 6.61 Å². The van der Waals surface area contributed by atoms with E-state index in [-0.39, 0.29) is 18.5 Å². The maximum atomic E-state index is 12.9.